The molecule has 82 valence electrons. The number of carbonyl (C=O) groups is 1. The van der Waals surface area contributed by atoms with E-state index in [0.29, 0.717) is 0 Å². The molecule has 1 rings (SSSR count). The molecule has 0 unspecified atom stereocenters. The number of hydrogen-bond acceptors (Lipinski definition) is 3. The largest absolute Gasteiger partial charge is 0.416 e. The molecule has 3 nitrogen and oxygen atoms in total. The first-order chi connectivity index (χ1) is 6.10. The second-order valence-corrected chi connectivity index (χ2v) is 3.32. The van der Waals surface area contributed by atoms with Crippen molar-refractivity contribution < 1.29 is 31.8 Å². The predicted molar refractivity (Wildman–Crippen MR) is 36.4 cm³/mol. The second-order valence-electron chi connectivity index (χ2n) is 2.37. The van der Waals surface area contributed by atoms with Gasteiger partial charge in [0.1, 0.15) is 6.61 Å². The first-order valence-corrected chi connectivity index (χ1v) is 3.85. The highest BCUT2D eigenvalue weighted by Gasteiger charge is 2.75. The van der Waals surface area contributed by atoms with Crippen molar-refractivity contribution in [3.63, 3.8) is 0 Å². The van der Waals surface area contributed by atoms with Crippen LogP contribution in [0.2, 0.25) is 0 Å². The van der Waals surface area contributed by atoms with Crippen LogP contribution in [0, 0.1) is 0 Å². The number of hydrogen-bond donors (Lipinski definition) is 0. The van der Waals surface area contributed by atoms with Crippen LogP contribution in [0.25, 0.3) is 0 Å². The minimum absolute atomic E-state index is 1.06. The van der Waals surface area contributed by atoms with E-state index in [4.69, 9.17) is 0 Å². The summed E-state index contributed by atoms with van der Waals surface area (Å²) in [7, 11) is 0. The average molecular weight is 257 g/mol. The van der Waals surface area contributed by atoms with Gasteiger partial charge in [0.15, 0.2) is 0 Å². The highest BCUT2D eigenvalue weighted by molar-refractivity contribution is 6.26. The van der Waals surface area contributed by atoms with Crippen molar-refractivity contribution in [1.29, 1.82) is 0 Å². The molecule has 0 amide bonds. The van der Waals surface area contributed by atoms with E-state index in [9.17, 15) is 22.4 Å². The van der Waals surface area contributed by atoms with Gasteiger partial charge in [-0.25, -0.2) is 4.79 Å². The van der Waals surface area contributed by atoms with Crippen LogP contribution in [-0.2, 0) is 14.3 Å². The molecule has 1 saturated heterocycles. The Labute approximate surface area is 84.9 Å². The molecule has 1 aliphatic heterocycles. The van der Waals surface area contributed by atoms with Gasteiger partial charge in [0.2, 0.25) is 0 Å². The number of alkyl halides is 6. The molecule has 0 aromatic rings. The lowest BCUT2D eigenvalue weighted by molar-refractivity contribution is -0.318. The lowest BCUT2D eigenvalue weighted by Gasteiger charge is -2.32. The third kappa shape index (κ3) is 1.64. The smallest absolute Gasteiger partial charge is 0.393 e. The van der Waals surface area contributed by atoms with E-state index in [-0.39, 0.29) is 0 Å². The molecule has 0 spiro atoms. The Balaban J connectivity index is 3.12. The molecule has 1 heterocycles. The monoisotopic (exact) mass is 256 g/mol. The summed E-state index contributed by atoms with van der Waals surface area (Å²) in [5.74, 6) is -5.34. The molecule has 0 bridgehead atoms. The summed E-state index contributed by atoms with van der Waals surface area (Å²) in [6.07, 6.45) is 0. The molecule has 0 radical (unpaired) electrons. The maximum absolute atomic E-state index is 12.6. The first kappa shape index (κ1) is 11.8. The van der Waals surface area contributed by atoms with Crippen molar-refractivity contribution in [3.05, 3.63) is 0 Å². The zero-order valence-electron chi connectivity index (χ0n) is 6.20. The Morgan fingerprint density at radius 1 is 1.21 bits per heavy atom. The summed E-state index contributed by atoms with van der Waals surface area (Å²) in [4.78, 5) is 10.4. The molecule has 0 saturated carbocycles. The van der Waals surface area contributed by atoms with Crippen molar-refractivity contribution in [3.8, 4) is 0 Å². The van der Waals surface area contributed by atoms with Crippen molar-refractivity contribution in [2.24, 2.45) is 0 Å². The van der Waals surface area contributed by atoms with Gasteiger partial charge in [-0.3, -0.25) is 0 Å². The van der Waals surface area contributed by atoms with Gasteiger partial charge in [-0.15, -0.1) is 0 Å². The number of esters is 1. The second kappa shape index (κ2) is 3.11. The van der Waals surface area contributed by atoms with Gasteiger partial charge in [0.05, 0.1) is 0 Å². The van der Waals surface area contributed by atoms with E-state index in [1.165, 1.54) is 0 Å². The zero-order chi connectivity index (χ0) is 11.2. The van der Waals surface area contributed by atoms with Crippen LogP contribution in [0.5, 0.6) is 0 Å². The van der Waals surface area contributed by atoms with Crippen LogP contribution in [-0.4, -0.2) is 29.1 Å². The Kier molecular flexibility index (Phi) is 2.62. The zero-order valence-corrected chi connectivity index (χ0v) is 7.71. The summed E-state index contributed by atoms with van der Waals surface area (Å²) < 4.78 is 57.7. The quantitative estimate of drug-likeness (QED) is 0.430. The number of carbonyl (C=O) groups excluding carboxylic acids is 1. The van der Waals surface area contributed by atoms with Gasteiger partial charge in [0.25, 0.3) is 0 Å². The fourth-order valence-corrected chi connectivity index (χ4v) is 1.29. The summed E-state index contributed by atoms with van der Waals surface area (Å²) in [5.41, 5.74) is 0. The predicted octanol–water partition coefficient (Wildman–Crippen LogP) is 1.92. The molecule has 0 aliphatic carbocycles. The highest BCUT2D eigenvalue weighted by Crippen LogP contribution is 2.51. The van der Waals surface area contributed by atoms with Gasteiger partial charge in [-0.05, 0) is 23.2 Å². The van der Waals surface area contributed by atoms with Crippen molar-refractivity contribution in [2.45, 2.75) is 16.6 Å². The molecule has 0 aromatic carbocycles. The SMILES string of the molecule is O=C1COC(C(F)(F)Cl)(C(F)(F)Cl)O1. The van der Waals surface area contributed by atoms with Crippen LogP contribution >= 0.6 is 23.2 Å². The van der Waals surface area contributed by atoms with Crippen LogP contribution in [0.1, 0.15) is 0 Å². The van der Waals surface area contributed by atoms with E-state index < -0.39 is 29.1 Å². The lowest BCUT2D eigenvalue weighted by Crippen LogP contribution is -2.56. The molecule has 14 heavy (non-hydrogen) atoms. The fraction of sp³-hybridized carbons (Fsp3) is 0.800. The molecule has 9 heteroatoms. The van der Waals surface area contributed by atoms with Gasteiger partial charge in [0, 0.05) is 0 Å². The lowest BCUT2D eigenvalue weighted by atomic mass is 10.3. The number of halogens is 6. The summed E-state index contributed by atoms with van der Waals surface area (Å²) in [6, 6.07) is 0. The van der Waals surface area contributed by atoms with E-state index in [1.807, 2.05) is 0 Å². The number of rotatable bonds is 2. The summed E-state index contributed by atoms with van der Waals surface area (Å²) in [5, 5.41) is -9.27. The van der Waals surface area contributed by atoms with Crippen LogP contribution in [0.15, 0.2) is 0 Å². The summed E-state index contributed by atoms with van der Waals surface area (Å²) >= 11 is 8.69. The highest BCUT2D eigenvalue weighted by atomic mass is 35.5. The van der Waals surface area contributed by atoms with Gasteiger partial charge in [-0.1, -0.05) is 0 Å². The Bertz CT molecular complexity index is 245. The molecule has 1 fully saturated rings. The molecular weight excluding hydrogens is 255 g/mol. The Morgan fingerprint density at radius 3 is 1.79 bits per heavy atom. The molecule has 0 atom stereocenters. The van der Waals surface area contributed by atoms with E-state index in [2.05, 4.69) is 32.7 Å². The molecular formula is C5H2Cl2F4O3. The van der Waals surface area contributed by atoms with Crippen LogP contribution in [0.3, 0.4) is 0 Å². The van der Waals surface area contributed by atoms with Gasteiger partial charge < -0.3 is 9.47 Å². The minimum atomic E-state index is -4.63. The first-order valence-electron chi connectivity index (χ1n) is 3.09. The normalized spacial score (nSPS) is 22.3. The third-order valence-electron chi connectivity index (χ3n) is 1.40. The van der Waals surface area contributed by atoms with E-state index >= 15 is 0 Å². The maximum atomic E-state index is 12.6. The molecule has 0 aromatic heterocycles. The van der Waals surface area contributed by atoms with Gasteiger partial charge >= 0.3 is 22.5 Å². The number of ether oxygens (including phenoxy) is 2. The fourth-order valence-electron chi connectivity index (χ4n) is 0.820. The van der Waals surface area contributed by atoms with E-state index in [1.54, 1.807) is 0 Å². The topological polar surface area (TPSA) is 35.5 Å². The number of cyclic esters (lactones) is 1. The molecule has 1 aliphatic rings. The van der Waals surface area contributed by atoms with Crippen molar-refractivity contribution in [2.75, 3.05) is 6.61 Å². The molecule has 0 N–H and O–H groups in total. The van der Waals surface area contributed by atoms with E-state index in [0.717, 1.165) is 0 Å². The minimum Gasteiger partial charge on any atom is -0.416 e. The van der Waals surface area contributed by atoms with Crippen molar-refractivity contribution in [1.82, 2.24) is 0 Å². The average Bonchev–Trinajstić information content (AvgIpc) is 2.28. The van der Waals surface area contributed by atoms with Crippen LogP contribution < -0.4 is 0 Å². The maximum Gasteiger partial charge on any atom is 0.393 e. The van der Waals surface area contributed by atoms with Crippen LogP contribution in [0.4, 0.5) is 17.6 Å². The van der Waals surface area contributed by atoms with Crippen molar-refractivity contribution >= 4 is 29.2 Å². The Hall–Kier alpha value is -0.270. The summed E-state index contributed by atoms with van der Waals surface area (Å²) in [6.45, 7) is -1.06. The van der Waals surface area contributed by atoms with Gasteiger partial charge in [-0.2, -0.15) is 17.6 Å². The third-order valence-corrected chi connectivity index (χ3v) is 1.89. The standard InChI is InChI=1S/C5H2Cl2F4O3/c6-4(8,9)3(5(7,10)11)13-1-2(12)14-3/h1H2. The Morgan fingerprint density at radius 2 is 1.64 bits per heavy atom.